The Morgan fingerprint density at radius 2 is 1.81 bits per heavy atom. The second-order valence-corrected chi connectivity index (χ2v) is 10.8. The summed E-state index contributed by atoms with van der Waals surface area (Å²) in [6.07, 6.45) is 15.3. The summed E-state index contributed by atoms with van der Waals surface area (Å²) < 4.78 is 3.10. The number of hydrogen-bond acceptors (Lipinski definition) is 6. The van der Waals surface area contributed by atoms with E-state index in [4.69, 9.17) is 0 Å². The third kappa shape index (κ3) is 5.15. The number of carbonyl (C=O) groups excluding carboxylic acids is 2. The summed E-state index contributed by atoms with van der Waals surface area (Å²) in [5.41, 5.74) is -0.409. The number of rotatable bonds is 8. The van der Waals surface area contributed by atoms with E-state index >= 15 is 0 Å². The molecule has 6 nitrogen and oxygen atoms in total. The number of allylic oxidation sites excluding steroid dienone is 3. The highest BCUT2D eigenvalue weighted by Crippen LogP contribution is 2.60. The van der Waals surface area contributed by atoms with E-state index in [0.29, 0.717) is 16.9 Å². The average Bonchev–Trinajstić information content (AvgIpc) is 2.74. The molecule has 5 fully saturated rings. The Morgan fingerprint density at radius 1 is 1.16 bits per heavy atom. The van der Waals surface area contributed by atoms with Gasteiger partial charge in [-0.25, -0.2) is 4.72 Å². The normalized spacial score (nSPS) is 34.4. The van der Waals surface area contributed by atoms with Crippen molar-refractivity contribution in [3.63, 3.8) is 0 Å². The van der Waals surface area contributed by atoms with Crippen LogP contribution in [0.25, 0.3) is 0 Å². The molecule has 1 amide bonds. The molecular weight excluding hydrogens is 422 g/mol. The van der Waals surface area contributed by atoms with Crippen LogP contribution in [0, 0.1) is 23.2 Å². The van der Waals surface area contributed by atoms with Crippen LogP contribution in [0.4, 0.5) is 0 Å². The molecule has 0 aromatic heterocycles. The Hall–Kier alpha value is -1.57. The van der Waals surface area contributed by atoms with Crippen molar-refractivity contribution in [2.24, 2.45) is 23.2 Å². The molecule has 5 saturated carbocycles. The number of aliphatic hydroxyl groups excluding tert-OH is 1. The standard InChI is InChI=1S/C13H22N2O.C12H17NO2S/c1-14-11-9-3-8-4-10(11)7-13(5-8,6-9)12(16)15-2;1-3-4-6-11(10(2)15)16-13-12(9-14)7-5-8-12/h8-11,14H,3-7H2,1-2H3,(H,15,16);3-4,6,9,13,15H,2,5,7-8H2,1H3/b;4-3-,11-6+. The van der Waals surface area contributed by atoms with Crippen LogP contribution in [0.5, 0.6) is 0 Å². The predicted molar refractivity (Wildman–Crippen MR) is 131 cm³/mol. The summed E-state index contributed by atoms with van der Waals surface area (Å²) in [6.45, 7) is 5.38. The number of amides is 1. The molecule has 4 N–H and O–H groups in total. The van der Waals surface area contributed by atoms with Crippen LogP contribution < -0.4 is 15.4 Å². The first kappa shape index (κ1) is 25.1. The molecule has 32 heavy (non-hydrogen) atoms. The van der Waals surface area contributed by atoms with Gasteiger partial charge in [0.15, 0.2) is 0 Å². The van der Waals surface area contributed by atoms with Crippen LogP contribution >= 0.6 is 11.9 Å². The molecule has 178 valence electrons. The highest BCUT2D eigenvalue weighted by Gasteiger charge is 2.57. The quantitative estimate of drug-likeness (QED) is 0.189. The van der Waals surface area contributed by atoms with Gasteiger partial charge in [0.1, 0.15) is 12.0 Å². The Bertz CT molecular complexity index is 758. The molecule has 0 heterocycles. The number of hydrogen-bond donors (Lipinski definition) is 4. The van der Waals surface area contributed by atoms with Crippen molar-refractivity contribution in [3.05, 3.63) is 35.5 Å². The zero-order valence-electron chi connectivity index (χ0n) is 19.7. The summed E-state index contributed by atoms with van der Waals surface area (Å²) in [5.74, 6) is 2.62. The van der Waals surface area contributed by atoms with E-state index in [-0.39, 0.29) is 11.2 Å². The van der Waals surface area contributed by atoms with Gasteiger partial charge in [0.2, 0.25) is 5.91 Å². The van der Waals surface area contributed by atoms with Gasteiger partial charge in [-0.1, -0.05) is 18.7 Å². The highest BCUT2D eigenvalue weighted by atomic mass is 32.2. The lowest BCUT2D eigenvalue weighted by Gasteiger charge is -2.59. The van der Waals surface area contributed by atoms with Crippen molar-refractivity contribution >= 4 is 24.1 Å². The van der Waals surface area contributed by atoms with Crippen molar-refractivity contribution in [1.82, 2.24) is 15.4 Å². The highest BCUT2D eigenvalue weighted by molar-refractivity contribution is 8.01. The molecule has 2 unspecified atom stereocenters. The molecule has 5 aliphatic carbocycles. The van der Waals surface area contributed by atoms with Crippen molar-refractivity contribution < 1.29 is 14.7 Å². The summed E-state index contributed by atoms with van der Waals surface area (Å²) >= 11 is 1.26. The van der Waals surface area contributed by atoms with Gasteiger partial charge in [-0.3, -0.25) is 4.79 Å². The fraction of sp³-hybridized carbons (Fsp3) is 0.680. The van der Waals surface area contributed by atoms with Gasteiger partial charge in [-0.05, 0) is 101 Å². The third-order valence-electron chi connectivity index (χ3n) is 7.88. The molecule has 0 aromatic rings. The molecule has 5 aliphatic rings. The fourth-order valence-corrected chi connectivity index (χ4v) is 7.20. The summed E-state index contributed by atoms with van der Waals surface area (Å²) in [7, 11) is 3.87. The maximum Gasteiger partial charge on any atom is 0.225 e. The first-order valence-corrected chi connectivity index (χ1v) is 12.6. The first-order valence-electron chi connectivity index (χ1n) is 11.8. The van der Waals surface area contributed by atoms with Crippen molar-refractivity contribution in [2.75, 3.05) is 14.1 Å². The molecule has 7 heteroatoms. The topological polar surface area (TPSA) is 90.5 Å². The van der Waals surface area contributed by atoms with E-state index in [2.05, 4.69) is 29.0 Å². The van der Waals surface area contributed by atoms with E-state index in [9.17, 15) is 14.7 Å². The lowest BCUT2D eigenvalue weighted by atomic mass is 9.47. The molecular formula is C25H39N3O3S. The van der Waals surface area contributed by atoms with Crippen molar-refractivity contribution in [1.29, 1.82) is 0 Å². The van der Waals surface area contributed by atoms with Crippen molar-refractivity contribution in [2.45, 2.75) is 69.9 Å². The summed E-state index contributed by atoms with van der Waals surface area (Å²) in [4.78, 5) is 23.7. The van der Waals surface area contributed by atoms with Gasteiger partial charge in [0.25, 0.3) is 0 Å². The lowest BCUT2D eigenvalue weighted by molar-refractivity contribution is -0.148. The molecule has 2 atom stereocenters. The maximum atomic E-state index is 12.1. The molecule has 0 saturated heterocycles. The zero-order valence-corrected chi connectivity index (χ0v) is 20.5. The van der Waals surface area contributed by atoms with Gasteiger partial charge < -0.3 is 20.5 Å². The number of nitrogens with one attached hydrogen (secondary N) is 3. The summed E-state index contributed by atoms with van der Waals surface area (Å²) in [6, 6.07) is 0.675. The van der Waals surface area contributed by atoms with Gasteiger partial charge in [-0.2, -0.15) is 0 Å². The summed E-state index contributed by atoms with van der Waals surface area (Å²) in [5, 5.41) is 15.7. The predicted octanol–water partition coefficient (Wildman–Crippen LogP) is 4.02. The zero-order chi connectivity index (χ0) is 23.4. The Balaban J connectivity index is 0.000000181. The molecule has 0 radical (unpaired) electrons. The lowest BCUT2D eigenvalue weighted by Crippen LogP contribution is -2.61. The van der Waals surface area contributed by atoms with Crippen molar-refractivity contribution in [3.8, 4) is 0 Å². The van der Waals surface area contributed by atoms with Crippen LogP contribution in [0.2, 0.25) is 0 Å². The van der Waals surface area contributed by atoms with E-state index in [1.54, 1.807) is 13.1 Å². The van der Waals surface area contributed by atoms with E-state index in [0.717, 1.165) is 62.6 Å². The Kier molecular flexibility index (Phi) is 8.28. The smallest absolute Gasteiger partial charge is 0.225 e. The van der Waals surface area contributed by atoms with E-state index in [1.165, 1.54) is 24.8 Å². The van der Waals surface area contributed by atoms with Crippen LogP contribution in [0.15, 0.2) is 35.5 Å². The van der Waals surface area contributed by atoms with Crippen LogP contribution in [-0.2, 0) is 9.59 Å². The largest absolute Gasteiger partial charge is 0.507 e. The minimum absolute atomic E-state index is 0.00139. The van der Waals surface area contributed by atoms with E-state index < -0.39 is 5.54 Å². The number of carbonyl (C=O) groups is 2. The Morgan fingerprint density at radius 3 is 2.25 bits per heavy atom. The van der Waals surface area contributed by atoms with Crippen LogP contribution in [-0.4, -0.2) is 43.0 Å². The van der Waals surface area contributed by atoms with Gasteiger partial charge in [0.05, 0.1) is 15.9 Å². The second kappa shape index (κ2) is 10.6. The number of aliphatic hydroxyl groups is 1. The molecule has 0 aromatic carbocycles. The van der Waals surface area contributed by atoms with Crippen LogP contribution in [0.1, 0.15) is 58.3 Å². The Labute approximate surface area is 196 Å². The molecule has 0 aliphatic heterocycles. The fourth-order valence-electron chi connectivity index (χ4n) is 6.37. The molecule has 4 bridgehead atoms. The third-order valence-corrected chi connectivity index (χ3v) is 8.98. The van der Waals surface area contributed by atoms with Gasteiger partial charge in [0, 0.05) is 13.1 Å². The number of aldehydes is 1. The minimum atomic E-state index is -0.408. The second-order valence-electron chi connectivity index (χ2n) is 9.98. The SMILES string of the molecule is C=C(O)/C(=C\C=C/C)SNC1(C=O)CCC1.CNC(=O)C12CC3CC(C1)C(NC)C(C3)C2. The first-order chi connectivity index (χ1) is 15.3. The minimum Gasteiger partial charge on any atom is -0.507 e. The van der Waals surface area contributed by atoms with Gasteiger partial charge >= 0.3 is 0 Å². The van der Waals surface area contributed by atoms with E-state index in [1.807, 2.05) is 19.1 Å². The molecule has 0 spiro atoms. The van der Waals surface area contributed by atoms with Crippen LogP contribution in [0.3, 0.4) is 0 Å². The maximum absolute atomic E-state index is 12.1. The monoisotopic (exact) mass is 461 g/mol. The average molecular weight is 462 g/mol. The van der Waals surface area contributed by atoms with Gasteiger partial charge in [-0.15, -0.1) is 0 Å². The molecule has 5 rings (SSSR count).